The van der Waals surface area contributed by atoms with E-state index in [9.17, 15) is 8.42 Å². The summed E-state index contributed by atoms with van der Waals surface area (Å²) in [6.07, 6.45) is 0.814. The summed E-state index contributed by atoms with van der Waals surface area (Å²) in [5, 5.41) is 3.81. The van der Waals surface area contributed by atoms with Crippen LogP contribution in [0.25, 0.3) is 0 Å². The van der Waals surface area contributed by atoms with E-state index in [1.165, 1.54) is 0 Å². The molecule has 0 heterocycles. The molecule has 0 saturated heterocycles. The summed E-state index contributed by atoms with van der Waals surface area (Å²) in [6, 6.07) is 5.12. The Morgan fingerprint density at radius 3 is 2.43 bits per heavy atom. The number of nitrogens with one attached hydrogen (secondary N) is 2. The molecule has 0 amide bonds. The average molecular weight is 333 g/mol. The molecule has 0 spiro atoms. The number of hydrogen-bond donors (Lipinski definition) is 2. The van der Waals surface area contributed by atoms with Crippen LogP contribution in [0.15, 0.2) is 23.1 Å². The number of halogens is 1. The zero-order valence-corrected chi connectivity index (χ0v) is 14.7. The van der Waals surface area contributed by atoms with E-state index in [1.54, 1.807) is 18.2 Å². The third-order valence-corrected chi connectivity index (χ3v) is 4.87. The highest BCUT2D eigenvalue weighted by Crippen LogP contribution is 2.20. The molecule has 0 fully saturated rings. The van der Waals surface area contributed by atoms with Gasteiger partial charge in [0.1, 0.15) is 0 Å². The normalized spacial score (nSPS) is 12.3. The van der Waals surface area contributed by atoms with Gasteiger partial charge in [0.2, 0.25) is 10.0 Å². The number of benzene rings is 1. The zero-order chi connectivity index (χ0) is 16.0. The van der Waals surface area contributed by atoms with Gasteiger partial charge in [-0.05, 0) is 36.1 Å². The van der Waals surface area contributed by atoms with Crippen LogP contribution in [-0.4, -0.2) is 21.0 Å². The predicted octanol–water partition coefficient (Wildman–Crippen LogP) is 3.16. The minimum absolute atomic E-state index is 0.260. The highest BCUT2D eigenvalue weighted by Gasteiger charge is 2.15. The largest absolute Gasteiger partial charge is 0.310 e. The lowest BCUT2D eigenvalue weighted by Gasteiger charge is -2.12. The van der Waals surface area contributed by atoms with E-state index >= 15 is 0 Å². The minimum Gasteiger partial charge on any atom is -0.310 e. The maximum absolute atomic E-state index is 12.2. The smallest absolute Gasteiger partial charge is 0.240 e. The first kappa shape index (κ1) is 18.4. The minimum atomic E-state index is -3.47. The molecular formula is C15H25ClN2O2S. The standard InChI is InChI=1S/C15H25ClN2O2S/c1-11(2)7-8-18-21(19,20)14-5-6-15(16)13(9-14)10-17-12(3)4/h5-6,9,11-12,17-18H,7-8,10H2,1-4H3. The maximum Gasteiger partial charge on any atom is 0.240 e. The van der Waals surface area contributed by atoms with E-state index in [4.69, 9.17) is 11.6 Å². The quantitative estimate of drug-likeness (QED) is 0.768. The third kappa shape index (κ3) is 6.34. The van der Waals surface area contributed by atoms with Crippen LogP contribution in [0, 0.1) is 5.92 Å². The summed E-state index contributed by atoms with van der Waals surface area (Å²) in [7, 11) is -3.47. The van der Waals surface area contributed by atoms with E-state index in [2.05, 4.69) is 23.9 Å². The SMILES string of the molecule is CC(C)CCNS(=O)(=O)c1ccc(Cl)c(CNC(C)C)c1. The first-order valence-electron chi connectivity index (χ1n) is 7.24. The van der Waals surface area contributed by atoms with Crippen molar-refractivity contribution in [3.05, 3.63) is 28.8 Å². The van der Waals surface area contributed by atoms with Gasteiger partial charge < -0.3 is 5.32 Å². The van der Waals surface area contributed by atoms with E-state index in [1.807, 2.05) is 13.8 Å². The lowest BCUT2D eigenvalue weighted by Crippen LogP contribution is -2.26. The van der Waals surface area contributed by atoms with Crippen LogP contribution in [0.3, 0.4) is 0 Å². The van der Waals surface area contributed by atoms with E-state index in [0.29, 0.717) is 30.1 Å². The Morgan fingerprint density at radius 1 is 1.19 bits per heavy atom. The lowest BCUT2D eigenvalue weighted by molar-refractivity contribution is 0.551. The van der Waals surface area contributed by atoms with Crippen molar-refractivity contribution < 1.29 is 8.42 Å². The Bertz CT molecular complexity index is 557. The van der Waals surface area contributed by atoms with Gasteiger partial charge >= 0.3 is 0 Å². The molecule has 0 bridgehead atoms. The van der Waals surface area contributed by atoms with Crippen molar-refractivity contribution in [2.45, 2.75) is 51.6 Å². The van der Waals surface area contributed by atoms with Crippen molar-refractivity contribution in [2.75, 3.05) is 6.54 Å². The highest BCUT2D eigenvalue weighted by atomic mass is 35.5. The fraction of sp³-hybridized carbons (Fsp3) is 0.600. The van der Waals surface area contributed by atoms with Crippen molar-refractivity contribution >= 4 is 21.6 Å². The topological polar surface area (TPSA) is 58.2 Å². The summed E-state index contributed by atoms with van der Waals surface area (Å²) >= 11 is 6.12. The van der Waals surface area contributed by atoms with Crippen LogP contribution in [0.4, 0.5) is 0 Å². The molecule has 1 aromatic rings. The Kier molecular flexibility index (Phi) is 7.13. The van der Waals surface area contributed by atoms with Gasteiger partial charge in [0.25, 0.3) is 0 Å². The van der Waals surface area contributed by atoms with Gasteiger partial charge in [-0.2, -0.15) is 0 Å². The second-order valence-corrected chi connectivity index (χ2v) is 8.04. The van der Waals surface area contributed by atoms with Gasteiger partial charge in [0.05, 0.1) is 4.90 Å². The molecule has 2 N–H and O–H groups in total. The molecule has 0 aliphatic rings. The summed E-state index contributed by atoms with van der Waals surface area (Å²) in [6.45, 7) is 9.18. The van der Waals surface area contributed by atoms with Crippen molar-refractivity contribution in [2.24, 2.45) is 5.92 Å². The van der Waals surface area contributed by atoms with Gasteiger partial charge in [0.15, 0.2) is 0 Å². The average Bonchev–Trinajstić information content (AvgIpc) is 2.36. The third-order valence-electron chi connectivity index (χ3n) is 3.04. The fourth-order valence-corrected chi connectivity index (χ4v) is 3.02. The molecule has 0 aliphatic carbocycles. The molecule has 1 aromatic carbocycles. The van der Waals surface area contributed by atoms with Crippen LogP contribution < -0.4 is 10.0 Å². The van der Waals surface area contributed by atoms with Crippen LogP contribution in [0.1, 0.15) is 39.7 Å². The van der Waals surface area contributed by atoms with Gasteiger partial charge in [0, 0.05) is 24.2 Å². The zero-order valence-electron chi connectivity index (χ0n) is 13.1. The summed E-state index contributed by atoms with van der Waals surface area (Å²) < 4.78 is 27.1. The molecule has 0 aliphatic heterocycles. The second kappa shape index (κ2) is 8.13. The molecule has 0 atom stereocenters. The molecule has 0 saturated carbocycles. The first-order chi connectivity index (χ1) is 9.72. The molecule has 0 aromatic heterocycles. The molecular weight excluding hydrogens is 308 g/mol. The predicted molar refractivity (Wildman–Crippen MR) is 88.1 cm³/mol. The van der Waals surface area contributed by atoms with Gasteiger partial charge in [-0.1, -0.05) is 39.3 Å². The number of hydrogen-bond acceptors (Lipinski definition) is 3. The van der Waals surface area contributed by atoms with E-state index in [0.717, 1.165) is 12.0 Å². The van der Waals surface area contributed by atoms with E-state index in [-0.39, 0.29) is 4.90 Å². The van der Waals surface area contributed by atoms with Gasteiger partial charge in [-0.3, -0.25) is 0 Å². The monoisotopic (exact) mass is 332 g/mol. The first-order valence-corrected chi connectivity index (χ1v) is 9.10. The fourth-order valence-electron chi connectivity index (χ4n) is 1.73. The van der Waals surface area contributed by atoms with Crippen molar-refractivity contribution in [3.63, 3.8) is 0 Å². The Labute approximate surface area is 133 Å². The number of sulfonamides is 1. The van der Waals surface area contributed by atoms with Crippen LogP contribution in [-0.2, 0) is 16.6 Å². The highest BCUT2D eigenvalue weighted by molar-refractivity contribution is 7.89. The van der Waals surface area contributed by atoms with Crippen molar-refractivity contribution in [3.8, 4) is 0 Å². The van der Waals surface area contributed by atoms with Gasteiger partial charge in [-0.15, -0.1) is 0 Å². The molecule has 120 valence electrons. The molecule has 21 heavy (non-hydrogen) atoms. The lowest BCUT2D eigenvalue weighted by atomic mass is 10.1. The van der Waals surface area contributed by atoms with E-state index < -0.39 is 10.0 Å². The molecule has 6 heteroatoms. The van der Waals surface area contributed by atoms with Crippen LogP contribution >= 0.6 is 11.6 Å². The van der Waals surface area contributed by atoms with Crippen LogP contribution in [0.5, 0.6) is 0 Å². The van der Waals surface area contributed by atoms with Crippen molar-refractivity contribution in [1.82, 2.24) is 10.0 Å². The molecule has 0 unspecified atom stereocenters. The molecule has 4 nitrogen and oxygen atoms in total. The van der Waals surface area contributed by atoms with Crippen LogP contribution in [0.2, 0.25) is 5.02 Å². The summed E-state index contributed by atoms with van der Waals surface area (Å²) in [5.41, 5.74) is 0.789. The Balaban J connectivity index is 2.84. The van der Waals surface area contributed by atoms with Crippen molar-refractivity contribution in [1.29, 1.82) is 0 Å². The molecule has 1 rings (SSSR count). The molecule has 0 radical (unpaired) electrons. The van der Waals surface area contributed by atoms with Gasteiger partial charge in [-0.25, -0.2) is 13.1 Å². The number of rotatable bonds is 8. The summed E-state index contributed by atoms with van der Waals surface area (Å²) in [5.74, 6) is 0.462. The Morgan fingerprint density at radius 2 is 1.86 bits per heavy atom. The maximum atomic E-state index is 12.2. The summed E-state index contributed by atoms with van der Waals surface area (Å²) in [4.78, 5) is 0.260. The Hall–Kier alpha value is -0.620. The second-order valence-electron chi connectivity index (χ2n) is 5.87.